The molecule has 3 unspecified atom stereocenters. The Hall–Kier alpha value is -0.870. The zero-order valence-corrected chi connectivity index (χ0v) is 17.6. The number of piperidine rings is 1. The van der Waals surface area contributed by atoms with E-state index in [1.807, 2.05) is 36.1 Å². The molecule has 0 spiro atoms. The molecule has 4 heteroatoms. The summed E-state index contributed by atoms with van der Waals surface area (Å²) in [5, 5.41) is 0. The lowest BCUT2D eigenvalue weighted by atomic mass is 9.86. The van der Waals surface area contributed by atoms with Crippen LogP contribution in [-0.2, 0) is 16.8 Å². The molecule has 3 atom stereocenters. The summed E-state index contributed by atoms with van der Waals surface area (Å²) in [5.74, 6) is 6.82. The fourth-order valence-electron chi connectivity index (χ4n) is 4.71. The van der Waals surface area contributed by atoms with Gasteiger partial charge in [-0.15, -0.1) is 0 Å². The maximum atomic E-state index is 13.3. The summed E-state index contributed by atoms with van der Waals surface area (Å²) >= 11 is 0. The van der Waals surface area contributed by atoms with Crippen molar-refractivity contribution in [2.24, 2.45) is 24.8 Å². The van der Waals surface area contributed by atoms with Crippen molar-refractivity contribution < 1.29 is 8.78 Å². The lowest BCUT2D eigenvalue weighted by Crippen LogP contribution is -2.39. The Morgan fingerprint density at radius 2 is 1.81 bits per heavy atom. The van der Waals surface area contributed by atoms with E-state index < -0.39 is 9.71 Å². The Labute approximate surface area is 160 Å². The molecule has 1 saturated heterocycles. The molecule has 0 bridgehead atoms. The van der Waals surface area contributed by atoms with Crippen molar-refractivity contribution in [3.05, 3.63) is 24.5 Å². The zero-order chi connectivity index (χ0) is 18.6. The SMILES string of the molecule is C=S(=O)(c1ccc[n+](C)c1)N1CCC(CCC2CCCC(C)CC2)CC1. The second-order valence-electron chi connectivity index (χ2n) is 8.77. The van der Waals surface area contributed by atoms with Crippen LogP contribution in [0.1, 0.15) is 64.7 Å². The normalized spacial score (nSPS) is 28.4. The van der Waals surface area contributed by atoms with Gasteiger partial charge in [-0.2, -0.15) is 0 Å². The summed E-state index contributed by atoms with van der Waals surface area (Å²) in [6.07, 6.45) is 16.2. The van der Waals surface area contributed by atoms with Crippen molar-refractivity contribution in [1.29, 1.82) is 0 Å². The third-order valence-electron chi connectivity index (χ3n) is 6.63. The van der Waals surface area contributed by atoms with Gasteiger partial charge in [0.15, 0.2) is 12.4 Å². The van der Waals surface area contributed by atoms with Gasteiger partial charge in [-0.1, -0.05) is 51.9 Å². The van der Waals surface area contributed by atoms with Gasteiger partial charge in [0, 0.05) is 19.2 Å². The van der Waals surface area contributed by atoms with Gasteiger partial charge >= 0.3 is 0 Å². The van der Waals surface area contributed by atoms with Gasteiger partial charge in [0.25, 0.3) is 0 Å². The van der Waals surface area contributed by atoms with Crippen LogP contribution >= 0.6 is 0 Å². The third kappa shape index (κ3) is 5.10. The second-order valence-corrected chi connectivity index (χ2v) is 11.0. The molecule has 0 radical (unpaired) electrons. The monoisotopic (exact) mass is 377 g/mol. The van der Waals surface area contributed by atoms with Crippen LogP contribution < -0.4 is 4.57 Å². The zero-order valence-electron chi connectivity index (χ0n) is 16.7. The predicted octanol–water partition coefficient (Wildman–Crippen LogP) is 4.21. The first-order valence-electron chi connectivity index (χ1n) is 10.5. The molecule has 2 aliphatic rings. The van der Waals surface area contributed by atoms with E-state index in [4.69, 9.17) is 0 Å². The van der Waals surface area contributed by atoms with Crippen molar-refractivity contribution in [3.63, 3.8) is 0 Å². The Kier molecular flexibility index (Phi) is 6.79. The molecule has 1 aliphatic carbocycles. The van der Waals surface area contributed by atoms with E-state index in [0.29, 0.717) is 0 Å². The highest BCUT2D eigenvalue weighted by molar-refractivity contribution is 7.98. The Bertz CT molecular complexity index is 677. The summed E-state index contributed by atoms with van der Waals surface area (Å²) in [6, 6.07) is 3.91. The smallest absolute Gasteiger partial charge is 0.185 e. The first kappa shape index (κ1) is 19.9. The van der Waals surface area contributed by atoms with Gasteiger partial charge < -0.3 is 0 Å². The molecule has 2 heterocycles. The molecular formula is C22H37N2OS+. The Morgan fingerprint density at radius 1 is 1.12 bits per heavy atom. The molecule has 146 valence electrons. The number of aromatic nitrogens is 1. The standard InChI is InChI=1S/C22H37N2OS/c1-19-6-4-7-20(10-9-19)11-12-21-13-16-24(17-14-21)26(3,25)22-8-5-15-23(2)18-22/h5,8,15,18-21H,3-4,6-7,9-14,16-17H2,1-2H3/q+1. The largest absolute Gasteiger partial charge is 0.247 e. The van der Waals surface area contributed by atoms with Gasteiger partial charge in [-0.3, -0.25) is 0 Å². The topological polar surface area (TPSA) is 24.2 Å². The lowest BCUT2D eigenvalue weighted by Gasteiger charge is -2.34. The molecule has 0 N–H and O–H groups in total. The molecule has 1 aromatic heterocycles. The van der Waals surface area contributed by atoms with Crippen LogP contribution in [0.4, 0.5) is 0 Å². The molecule has 2 fully saturated rings. The maximum Gasteiger partial charge on any atom is 0.185 e. The highest BCUT2D eigenvalue weighted by Gasteiger charge is 2.27. The Morgan fingerprint density at radius 3 is 2.50 bits per heavy atom. The third-order valence-corrected chi connectivity index (χ3v) is 8.81. The van der Waals surface area contributed by atoms with Gasteiger partial charge in [-0.25, -0.2) is 13.1 Å². The number of rotatable bonds is 5. The van der Waals surface area contributed by atoms with Gasteiger partial charge in [-0.05, 0) is 42.5 Å². The minimum Gasteiger partial charge on any atom is -0.247 e. The first-order valence-corrected chi connectivity index (χ1v) is 12.2. The van der Waals surface area contributed by atoms with E-state index in [1.165, 1.54) is 57.8 Å². The van der Waals surface area contributed by atoms with Crippen LogP contribution in [0.25, 0.3) is 0 Å². The van der Waals surface area contributed by atoms with Crippen LogP contribution in [0.2, 0.25) is 0 Å². The van der Waals surface area contributed by atoms with Crippen LogP contribution in [-0.4, -0.2) is 27.5 Å². The fourth-order valence-corrected chi connectivity index (χ4v) is 6.44. The lowest BCUT2D eigenvalue weighted by molar-refractivity contribution is -0.673. The molecule has 0 amide bonds. The molecule has 1 aliphatic heterocycles. The summed E-state index contributed by atoms with van der Waals surface area (Å²) in [5.41, 5.74) is 0. The van der Waals surface area contributed by atoms with E-state index in [0.717, 1.165) is 35.7 Å². The summed E-state index contributed by atoms with van der Waals surface area (Å²) in [7, 11) is -0.370. The molecule has 3 nitrogen and oxygen atoms in total. The summed E-state index contributed by atoms with van der Waals surface area (Å²) < 4.78 is 17.4. The van der Waals surface area contributed by atoms with E-state index in [2.05, 4.69) is 17.1 Å². The molecule has 26 heavy (non-hydrogen) atoms. The minimum absolute atomic E-state index is 0.814. The van der Waals surface area contributed by atoms with Crippen molar-refractivity contribution in [1.82, 2.24) is 4.31 Å². The first-order chi connectivity index (χ1) is 12.4. The van der Waals surface area contributed by atoms with Crippen molar-refractivity contribution >= 4 is 15.6 Å². The van der Waals surface area contributed by atoms with E-state index in [9.17, 15) is 4.21 Å². The molecule has 3 rings (SSSR count). The van der Waals surface area contributed by atoms with Crippen molar-refractivity contribution in [2.75, 3.05) is 13.1 Å². The molecule has 1 aromatic rings. The average molecular weight is 378 g/mol. The van der Waals surface area contributed by atoms with E-state index in [-0.39, 0.29) is 0 Å². The summed E-state index contributed by atoms with van der Waals surface area (Å²) in [6.45, 7) is 4.27. The van der Waals surface area contributed by atoms with Crippen LogP contribution in [0, 0.1) is 17.8 Å². The quantitative estimate of drug-likeness (QED) is 0.428. The number of nitrogens with zero attached hydrogens (tertiary/aromatic N) is 2. The van der Waals surface area contributed by atoms with Crippen LogP contribution in [0.3, 0.4) is 0 Å². The Balaban J connectivity index is 1.48. The number of hydrogen-bond donors (Lipinski definition) is 0. The minimum atomic E-state index is -2.34. The van der Waals surface area contributed by atoms with Gasteiger partial charge in [0.05, 0.1) is 9.71 Å². The van der Waals surface area contributed by atoms with Gasteiger partial charge in [0.1, 0.15) is 11.9 Å². The number of hydrogen-bond acceptors (Lipinski definition) is 1. The maximum absolute atomic E-state index is 13.3. The molecule has 1 saturated carbocycles. The highest BCUT2D eigenvalue weighted by Crippen LogP contribution is 2.33. The fraction of sp³-hybridized carbons (Fsp3) is 0.727. The predicted molar refractivity (Wildman–Crippen MR) is 110 cm³/mol. The van der Waals surface area contributed by atoms with E-state index in [1.54, 1.807) is 0 Å². The number of aryl methyl sites for hydroxylation is 1. The summed E-state index contributed by atoms with van der Waals surface area (Å²) in [4.78, 5) is 0.855. The average Bonchev–Trinajstić information content (AvgIpc) is 2.84. The van der Waals surface area contributed by atoms with Crippen molar-refractivity contribution in [3.8, 4) is 0 Å². The molecule has 0 aromatic carbocycles. The van der Waals surface area contributed by atoms with Crippen molar-refractivity contribution in [2.45, 2.75) is 69.6 Å². The van der Waals surface area contributed by atoms with E-state index >= 15 is 0 Å². The highest BCUT2D eigenvalue weighted by atomic mass is 32.2. The second kappa shape index (κ2) is 8.88. The van der Waals surface area contributed by atoms with Gasteiger partial charge in [0.2, 0.25) is 0 Å². The van der Waals surface area contributed by atoms with Crippen LogP contribution in [0.15, 0.2) is 29.4 Å². The number of pyridine rings is 1. The molecular weight excluding hydrogens is 340 g/mol. The van der Waals surface area contributed by atoms with Crippen LogP contribution in [0.5, 0.6) is 0 Å².